The lowest BCUT2D eigenvalue weighted by Gasteiger charge is -2.25. The molecule has 0 radical (unpaired) electrons. The van der Waals surface area contributed by atoms with E-state index in [1.807, 2.05) is 60.7 Å². The molecule has 5 aromatic rings. The first-order valence-electron chi connectivity index (χ1n) is 14.1. The molecule has 0 spiro atoms. The molecule has 0 unspecified atom stereocenters. The molecule has 0 bridgehead atoms. The number of ether oxygens (including phenoxy) is 2. The van der Waals surface area contributed by atoms with Gasteiger partial charge in [0.15, 0.2) is 4.80 Å². The average Bonchev–Trinajstić information content (AvgIpc) is 3.35. The molecule has 6 rings (SSSR count). The van der Waals surface area contributed by atoms with Crippen LogP contribution in [0.5, 0.6) is 5.75 Å². The summed E-state index contributed by atoms with van der Waals surface area (Å²) in [7, 11) is 0. The maximum absolute atomic E-state index is 14.3. The van der Waals surface area contributed by atoms with E-state index in [1.54, 1.807) is 31.2 Å². The second kappa shape index (κ2) is 14.0. The van der Waals surface area contributed by atoms with Crippen molar-refractivity contribution < 1.29 is 18.7 Å². The molecule has 232 valence electrons. The molecule has 1 aromatic heterocycles. The number of fused-ring (bicyclic) bond motifs is 1. The van der Waals surface area contributed by atoms with E-state index in [0.717, 1.165) is 13.6 Å². The Balaban J connectivity index is 1.56. The van der Waals surface area contributed by atoms with E-state index >= 15 is 0 Å². The second-order valence-electron chi connectivity index (χ2n) is 10.2. The zero-order chi connectivity index (χ0) is 32.4. The highest BCUT2D eigenvalue weighted by Crippen LogP contribution is 2.36. The highest BCUT2D eigenvalue weighted by atomic mass is 127. The number of carbonyl (C=O) groups is 1. The van der Waals surface area contributed by atoms with Gasteiger partial charge < -0.3 is 9.47 Å². The van der Waals surface area contributed by atoms with Crippen molar-refractivity contribution in [3.05, 3.63) is 157 Å². The fourth-order valence-electron chi connectivity index (χ4n) is 5.15. The van der Waals surface area contributed by atoms with Crippen LogP contribution in [0, 0.1) is 9.39 Å². The zero-order valence-electron chi connectivity index (χ0n) is 24.2. The molecule has 6 nitrogen and oxygen atoms in total. The summed E-state index contributed by atoms with van der Waals surface area (Å²) in [4.78, 5) is 33.2. The molecule has 1 atom stereocenters. The molecular formula is C35H24BrClFIN2O4S. The van der Waals surface area contributed by atoms with Crippen molar-refractivity contribution in [2.45, 2.75) is 19.6 Å². The smallest absolute Gasteiger partial charge is 0.338 e. The van der Waals surface area contributed by atoms with Gasteiger partial charge in [0.2, 0.25) is 0 Å². The van der Waals surface area contributed by atoms with Gasteiger partial charge >= 0.3 is 5.97 Å². The summed E-state index contributed by atoms with van der Waals surface area (Å²) in [6, 6.07) is 25.4. The van der Waals surface area contributed by atoms with Crippen LogP contribution in [0.25, 0.3) is 11.8 Å². The fraction of sp³-hybridized carbons (Fsp3) is 0.114. The van der Waals surface area contributed by atoms with Crippen molar-refractivity contribution in [2.75, 3.05) is 6.61 Å². The highest BCUT2D eigenvalue weighted by molar-refractivity contribution is 14.1. The number of carbonyl (C=O) groups excluding carboxylic acids is 1. The minimum absolute atomic E-state index is 0.128. The van der Waals surface area contributed by atoms with Crippen molar-refractivity contribution in [3.63, 3.8) is 0 Å². The van der Waals surface area contributed by atoms with Crippen molar-refractivity contribution in [3.8, 4) is 5.75 Å². The third kappa shape index (κ3) is 6.62. The van der Waals surface area contributed by atoms with E-state index < -0.39 is 17.8 Å². The predicted octanol–water partition coefficient (Wildman–Crippen LogP) is 7.67. The summed E-state index contributed by atoms with van der Waals surface area (Å²) in [6.45, 7) is 2.07. The summed E-state index contributed by atoms with van der Waals surface area (Å²) < 4.78 is 29.3. The van der Waals surface area contributed by atoms with Gasteiger partial charge in [-0.05, 0) is 71.5 Å². The summed E-state index contributed by atoms with van der Waals surface area (Å²) in [6.07, 6.45) is 1.76. The standard InChI is InChI=1S/C35H24BrClFIN2O4S/c1-2-44-34(43)29-30(20-8-4-3-5-9-20)40-35-41(31(29)21-12-14-25(38)15-13-21)33(42)28(46-35)17-23-16-24(36)18-27(39)32(23)45-19-22-10-6-7-11-26(22)37/h3-18,31H,2,19H2,1H3/b28-17-/t31-/m0/s1. The minimum Gasteiger partial charge on any atom is -0.487 e. The Hall–Kier alpha value is -3.58. The van der Waals surface area contributed by atoms with Crippen LogP contribution in [0.4, 0.5) is 4.39 Å². The lowest BCUT2D eigenvalue weighted by Crippen LogP contribution is -2.40. The third-order valence-corrected chi connectivity index (χ3v) is 9.82. The molecule has 46 heavy (non-hydrogen) atoms. The summed E-state index contributed by atoms with van der Waals surface area (Å²) in [5.41, 5.74) is 2.95. The molecule has 0 fully saturated rings. The number of aromatic nitrogens is 1. The topological polar surface area (TPSA) is 69.9 Å². The third-order valence-electron chi connectivity index (χ3n) is 7.21. The van der Waals surface area contributed by atoms with Crippen molar-refractivity contribution in [1.82, 2.24) is 4.57 Å². The van der Waals surface area contributed by atoms with E-state index in [4.69, 9.17) is 26.1 Å². The van der Waals surface area contributed by atoms with Crippen LogP contribution in [0.15, 0.2) is 111 Å². The number of nitrogens with zero attached hydrogens (tertiary/aromatic N) is 2. The van der Waals surface area contributed by atoms with E-state index in [0.29, 0.717) is 42.5 Å². The zero-order valence-corrected chi connectivity index (χ0v) is 29.5. The SMILES string of the molecule is CCOC(=O)C1=C(c2ccccc2)N=c2s/c(=C\c3cc(Br)cc(I)c3OCc3ccccc3Cl)c(=O)n2[C@H]1c1ccc(F)cc1. The van der Waals surface area contributed by atoms with E-state index in [-0.39, 0.29) is 24.3 Å². The molecule has 2 heterocycles. The number of thiazole rings is 1. The highest BCUT2D eigenvalue weighted by Gasteiger charge is 2.35. The van der Waals surface area contributed by atoms with Gasteiger partial charge in [0, 0.05) is 26.2 Å². The monoisotopic (exact) mass is 828 g/mol. The van der Waals surface area contributed by atoms with Crippen LogP contribution in [-0.2, 0) is 16.1 Å². The van der Waals surface area contributed by atoms with E-state index in [2.05, 4.69) is 38.5 Å². The lowest BCUT2D eigenvalue weighted by atomic mass is 9.93. The second-order valence-corrected chi connectivity index (χ2v) is 13.7. The van der Waals surface area contributed by atoms with Gasteiger partial charge in [-0.25, -0.2) is 14.2 Å². The minimum atomic E-state index is -0.910. The largest absolute Gasteiger partial charge is 0.487 e. The number of halogens is 4. The van der Waals surface area contributed by atoms with Crippen LogP contribution < -0.4 is 19.6 Å². The maximum atomic E-state index is 14.3. The Morgan fingerprint density at radius 3 is 2.52 bits per heavy atom. The van der Waals surface area contributed by atoms with Gasteiger partial charge in [0.1, 0.15) is 18.2 Å². The molecule has 0 aliphatic carbocycles. The molecule has 11 heteroatoms. The predicted molar refractivity (Wildman–Crippen MR) is 190 cm³/mol. The van der Waals surface area contributed by atoms with Gasteiger partial charge in [-0.3, -0.25) is 9.36 Å². The fourth-order valence-corrected chi connectivity index (χ4v) is 8.04. The number of hydrogen-bond donors (Lipinski definition) is 0. The summed E-state index contributed by atoms with van der Waals surface area (Å²) in [5, 5.41) is 0.594. The van der Waals surface area contributed by atoms with Crippen LogP contribution >= 0.6 is 61.5 Å². The molecule has 0 amide bonds. The Labute approximate surface area is 294 Å². The normalized spacial score (nSPS) is 14.5. The van der Waals surface area contributed by atoms with Crippen LogP contribution in [0.1, 0.15) is 35.2 Å². The van der Waals surface area contributed by atoms with Gasteiger partial charge in [-0.15, -0.1) is 0 Å². The van der Waals surface area contributed by atoms with Crippen molar-refractivity contribution in [1.29, 1.82) is 0 Å². The molecule has 0 saturated carbocycles. The lowest BCUT2D eigenvalue weighted by molar-refractivity contribution is -0.138. The maximum Gasteiger partial charge on any atom is 0.338 e. The Kier molecular flexibility index (Phi) is 9.88. The number of rotatable bonds is 8. The first kappa shape index (κ1) is 32.4. The summed E-state index contributed by atoms with van der Waals surface area (Å²) in [5.74, 6) is -0.456. The van der Waals surface area contributed by atoms with Crippen LogP contribution in [-0.4, -0.2) is 17.1 Å². The Morgan fingerprint density at radius 1 is 1.09 bits per heavy atom. The van der Waals surface area contributed by atoms with Crippen LogP contribution in [0.2, 0.25) is 5.02 Å². The van der Waals surface area contributed by atoms with Gasteiger partial charge in [0.05, 0.1) is 32.0 Å². The first-order valence-corrected chi connectivity index (χ1v) is 17.2. The van der Waals surface area contributed by atoms with Crippen molar-refractivity contribution in [2.24, 2.45) is 4.99 Å². The van der Waals surface area contributed by atoms with E-state index in [9.17, 15) is 14.0 Å². The molecule has 4 aromatic carbocycles. The number of benzene rings is 4. The Morgan fingerprint density at radius 2 is 1.80 bits per heavy atom. The Bertz CT molecular complexity index is 2170. The molecule has 0 saturated heterocycles. The molecular weight excluding hydrogens is 806 g/mol. The van der Waals surface area contributed by atoms with Crippen molar-refractivity contribution >= 4 is 79.2 Å². The quantitative estimate of drug-likeness (QED) is 0.119. The number of hydrogen-bond acceptors (Lipinski definition) is 6. The van der Waals surface area contributed by atoms with Gasteiger partial charge in [-0.1, -0.05) is 99.5 Å². The van der Waals surface area contributed by atoms with Gasteiger partial charge in [-0.2, -0.15) is 0 Å². The average molecular weight is 830 g/mol. The molecule has 1 aliphatic heterocycles. The summed E-state index contributed by atoms with van der Waals surface area (Å²) >= 11 is 13.3. The van der Waals surface area contributed by atoms with Crippen LogP contribution in [0.3, 0.4) is 0 Å². The van der Waals surface area contributed by atoms with Gasteiger partial charge in [0.25, 0.3) is 5.56 Å². The molecule has 0 N–H and O–H groups in total. The molecule has 1 aliphatic rings. The first-order chi connectivity index (χ1) is 22.2. The van der Waals surface area contributed by atoms with E-state index in [1.165, 1.54) is 28.0 Å². The number of esters is 1.